The summed E-state index contributed by atoms with van der Waals surface area (Å²) in [6.45, 7) is 7.40. The molecule has 2 aliphatic heterocycles. The molecule has 2 N–H and O–H groups in total. The molecule has 0 amide bonds. The van der Waals surface area contributed by atoms with E-state index in [2.05, 4.69) is 44.4 Å². The number of nitrogens with zero attached hydrogens (tertiary/aromatic N) is 2. The first kappa shape index (κ1) is 21.6. The summed E-state index contributed by atoms with van der Waals surface area (Å²) < 4.78 is 16.5. The first-order chi connectivity index (χ1) is 16.2. The number of hydrogen-bond acceptors (Lipinski definition) is 7. The Morgan fingerprint density at radius 3 is 2.45 bits per heavy atom. The lowest BCUT2D eigenvalue weighted by Crippen LogP contribution is -2.47. The molecule has 174 valence electrons. The molecule has 8 heteroatoms. The van der Waals surface area contributed by atoms with Gasteiger partial charge < -0.3 is 29.4 Å². The molecular formula is C25H30N4O4. The van der Waals surface area contributed by atoms with Gasteiger partial charge in [-0.05, 0) is 36.4 Å². The van der Waals surface area contributed by atoms with E-state index in [0.29, 0.717) is 31.1 Å². The summed E-state index contributed by atoms with van der Waals surface area (Å²) in [7, 11) is 1.75. The Morgan fingerprint density at radius 2 is 1.73 bits per heavy atom. The molecule has 2 aromatic carbocycles. The van der Waals surface area contributed by atoms with Crippen LogP contribution in [0, 0.1) is 0 Å². The molecule has 0 bridgehead atoms. The Labute approximate surface area is 193 Å². The van der Waals surface area contributed by atoms with Crippen molar-refractivity contribution in [3.8, 4) is 11.5 Å². The van der Waals surface area contributed by atoms with Crippen LogP contribution in [0.25, 0.3) is 10.9 Å². The van der Waals surface area contributed by atoms with E-state index >= 15 is 0 Å². The number of piperazine rings is 1. The predicted molar refractivity (Wildman–Crippen MR) is 130 cm³/mol. The molecule has 3 aromatic rings. The number of aromatic amines is 1. The first-order valence-corrected chi connectivity index (χ1v) is 11.5. The van der Waals surface area contributed by atoms with E-state index in [1.165, 1.54) is 5.69 Å². The largest absolute Gasteiger partial charge is 0.486 e. The first-order valence-electron chi connectivity index (χ1n) is 11.5. The Bertz CT molecular complexity index is 1150. The van der Waals surface area contributed by atoms with Crippen LogP contribution in [0.5, 0.6) is 11.5 Å². The smallest absolute Gasteiger partial charge is 0.253 e. The molecule has 1 saturated heterocycles. The van der Waals surface area contributed by atoms with Crippen LogP contribution < -0.4 is 25.2 Å². The van der Waals surface area contributed by atoms with Crippen molar-refractivity contribution in [3.63, 3.8) is 0 Å². The molecule has 0 saturated carbocycles. The van der Waals surface area contributed by atoms with Crippen molar-refractivity contribution in [2.45, 2.75) is 6.54 Å². The number of methoxy groups -OCH3 is 1. The van der Waals surface area contributed by atoms with Crippen molar-refractivity contribution in [3.05, 3.63) is 58.4 Å². The van der Waals surface area contributed by atoms with Crippen LogP contribution in [0.15, 0.2) is 47.3 Å². The normalized spacial score (nSPS) is 16.2. The number of anilines is 2. The summed E-state index contributed by atoms with van der Waals surface area (Å²) in [6, 6.07) is 14.1. The van der Waals surface area contributed by atoms with Gasteiger partial charge in [-0.3, -0.25) is 9.69 Å². The number of nitrogens with one attached hydrogen (secondary N) is 2. The highest BCUT2D eigenvalue weighted by Crippen LogP contribution is 2.33. The van der Waals surface area contributed by atoms with Crippen molar-refractivity contribution < 1.29 is 14.2 Å². The van der Waals surface area contributed by atoms with Crippen LogP contribution in [-0.2, 0) is 11.3 Å². The topological polar surface area (TPSA) is 79.1 Å². The molecule has 8 nitrogen and oxygen atoms in total. The number of H-pyrrole nitrogens is 1. The van der Waals surface area contributed by atoms with E-state index < -0.39 is 0 Å². The third-order valence-corrected chi connectivity index (χ3v) is 6.28. The third kappa shape index (κ3) is 4.91. The average molecular weight is 451 g/mol. The van der Waals surface area contributed by atoms with Gasteiger partial charge in [0.05, 0.1) is 12.1 Å². The van der Waals surface area contributed by atoms with Gasteiger partial charge in [0.25, 0.3) is 5.56 Å². The number of pyridine rings is 1. The lowest BCUT2D eigenvalue weighted by molar-refractivity contribution is 0.144. The predicted octanol–water partition coefficient (Wildman–Crippen LogP) is 2.68. The van der Waals surface area contributed by atoms with Gasteiger partial charge in [-0.25, -0.2) is 0 Å². The second-order valence-corrected chi connectivity index (χ2v) is 8.43. The Kier molecular flexibility index (Phi) is 6.37. The molecule has 5 rings (SSSR count). The summed E-state index contributed by atoms with van der Waals surface area (Å²) in [5, 5.41) is 4.30. The highest BCUT2D eigenvalue weighted by atomic mass is 16.6. The van der Waals surface area contributed by atoms with Crippen molar-refractivity contribution >= 4 is 22.3 Å². The molecule has 0 radical (unpaired) electrons. The maximum absolute atomic E-state index is 12.6. The number of hydrogen-bond donors (Lipinski definition) is 2. The van der Waals surface area contributed by atoms with Crippen LogP contribution in [0.1, 0.15) is 5.56 Å². The number of ether oxygens (including phenoxy) is 3. The zero-order valence-corrected chi connectivity index (χ0v) is 18.9. The zero-order chi connectivity index (χ0) is 22.6. The molecular weight excluding hydrogens is 420 g/mol. The number of fused-ring (bicyclic) bond motifs is 2. The van der Waals surface area contributed by atoms with E-state index in [1.54, 1.807) is 7.11 Å². The summed E-state index contributed by atoms with van der Waals surface area (Å²) in [5.41, 5.74) is 3.53. The second-order valence-electron chi connectivity index (χ2n) is 8.43. The lowest BCUT2D eigenvalue weighted by Gasteiger charge is -2.36. The van der Waals surface area contributed by atoms with Crippen LogP contribution in [0.4, 0.5) is 11.4 Å². The van der Waals surface area contributed by atoms with E-state index in [9.17, 15) is 4.79 Å². The molecule has 0 atom stereocenters. The van der Waals surface area contributed by atoms with E-state index in [1.807, 2.05) is 18.2 Å². The van der Waals surface area contributed by atoms with Crippen LogP contribution in [0.3, 0.4) is 0 Å². The lowest BCUT2D eigenvalue weighted by atomic mass is 10.1. The molecule has 0 aliphatic carbocycles. The standard InChI is InChI=1S/C25H30N4O4/c1-31-11-10-28-6-8-29(9-7-28)21-4-2-20(3-5-21)26-17-19-14-18-15-23-24(33-13-12-32-23)16-22(18)27-25(19)30/h2-5,14-16,26H,6-13,17H2,1H3,(H,27,30). The summed E-state index contributed by atoms with van der Waals surface area (Å²) in [4.78, 5) is 20.4. The Hall–Kier alpha value is -3.23. The maximum Gasteiger partial charge on any atom is 0.253 e. The molecule has 1 aromatic heterocycles. The second kappa shape index (κ2) is 9.72. The molecule has 2 aliphatic rings. The number of benzene rings is 2. The molecule has 3 heterocycles. The van der Waals surface area contributed by atoms with Gasteiger partial charge in [-0.2, -0.15) is 0 Å². The molecule has 33 heavy (non-hydrogen) atoms. The third-order valence-electron chi connectivity index (χ3n) is 6.28. The summed E-state index contributed by atoms with van der Waals surface area (Å²) >= 11 is 0. The number of aromatic nitrogens is 1. The van der Waals surface area contributed by atoms with E-state index in [-0.39, 0.29) is 5.56 Å². The van der Waals surface area contributed by atoms with E-state index in [4.69, 9.17) is 14.2 Å². The van der Waals surface area contributed by atoms with Crippen LogP contribution in [0.2, 0.25) is 0 Å². The van der Waals surface area contributed by atoms with Gasteiger partial charge >= 0.3 is 0 Å². The van der Waals surface area contributed by atoms with Crippen molar-refractivity contribution in [1.82, 2.24) is 9.88 Å². The van der Waals surface area contributed by atoms with Gasteiger partial charge in [-0.1, -0.05) is 0 Å². The summed E-state index contributed by atoms with van der Waals surface area (Å²) in [5.74, 6) is 1.39. The van der Waals surface area contributed by atoms with Crippen molar-refractivity contribution in [2.24, 2.45) is 0 Å². The van der Waals surface area contributed by atoms with Crippen LogP contribution >= 0.6 is 0 Å². The van der Waals surface area contributed by atoms with E-state index in [0.717, 1.165) is 61.7 Å². The van der Waals surface area contributed by atoms with Crippen molar-refractivity contribution in [1.29, 1.82) is 0 Å². The minimum atomic E-state index is -0.102. The monoisotopic (exact) mass is 450 g/mol. The van der Waals surface area contributed by atoms with Gasteiger partial charge in [0, 0.05) is 74.8 Å². The Morgan fingerprint density at radius 1 is 1.00 bits per heavy atom. The zero-order valence-electron chi connectivity index (χ0n) is 18.9. The van der Waals surface area contributed by atoms with Gasteiger partial charge in [-0.15, -0.1) is 0 Å². The fourth-order valence-corrected chi connectivity index (χ4v) is 4.36. The number of rotatable bonds is 7. The molecule has 0 unspecified atom stereocenters. The average Bonchev–Trinajstić information content (AvgIpc) is 2.86. The fourth-order valence-electron chi connectivity index (χ4n) is 4.36. The Balaban J connectivity index is 1.22. The molecule has 1 fully saturated rings. The SMILES string of the molecule is COCCN1CCN(c2ccc(NCc3cc4cc5c(cc4[nH]c3=O)OCCO5)cc2)CC1. The highest BCUT2D eigenvalue weighted by molar-refractivity contribution is 5.83. The maximum atomic E-state index is 12.6. The van der Waals surface area contributed by atoms with Gasteiger partial charge in [0.1, 0.15) is 13.2 Å². The van der Waals surface area contributed by atoms with Crippen molar-refractivity contribution in [2.75, 3.05) is 69.9 Å². The molecule has 0 spiro atoms. The quantitative estimate of drug-likeness (QED) is 0.573. The van der Waals surface area contributed by atoms with Crippen LogP contribution in [-0.4, -0.2) is 69.5 Å². The fraction of sp³-hybridized carbons (Fsp3) is 0.400. The van der Waals surface area contributed by atoms with Gasteiger partial charge in [0.15, 0.2) is 11.5 Å². The highest BCUT2D eigenvalue weighted by Gasteiger charge is 2.17. The summed E-state index contributed by atoms with van der Waals surface area (Å²) in [6.07, 6.45) is 0. The minimum absolute atomic E-state index is 0.102. The minimum Gasteiger partial charge on any atom is -0.486 e. The van der Waals surface area contributed by atoms with Gasteiger partial charge in [0.2, 0.25) is 0 Å².